The molecule has 0 N–H and O–H groups in total. The van der Waals surface area contributed by atoms with Crippen LogP contribution in [0.3, 0.4) is 0 Å². The highest BCUT2D eigenvalue weighted by Crippen LogP contribution is 2.40. The molecule has 2 aromatic carbocycles. The summed E-state index contributed by atoms with van der Waals surface area (Å²) >= 11 is 1.84. The normalized spacial score (nSPS) is 12.3. The van der Waals surface area contributed by atoms with E-state index in [-0.39, 0.29) is 0 Å². The van der Waals surface area contributed by atoms with E-state index in [9.17, 15) is 0 Å². The van der Waals surface area contributed by atoms with E-state index in [0.717, 1.165) is 6.42 Å². The summed E-state index contributed by atoms with van der Waals surface area (Å²) in [6.07, 6.45) is 3.25. The lowest BCUT2D eigenvalue weighted by molar-refractivity contribution is 1.19. The van der Waals surface area contributed by atoms with Gasteiger partial charge in [0.15, 0.2) is 0 Å². The lowest BCUT2D eigenvalue weighted by Crippen LogP contribution is -1.83. The van der Waals surface area contributed by atoms with E-state index in [4.69, 9.17) is 0 Å². The first-order valence-corrected chi connectivity index (χ1v) is 6.37. The number of thioether (sulfide) groups is 1. The predicted molar refractivity (Wildman–Crippen MR) is 66.5 cm³/mol. The Balaban J connectivity index is 2.26. The van der Waals surface area contributed by atoms with Crippen LogP contribution in [-0.4, -0.2) is 6.26 Å². The van der Waals surface area contributed by atoms with Crippen LogP contribution in [-0.2, 0) is 6.42 Å². The molecule has 2 aromatic rings. The Labute approximate surface area is 94.3 Å². The topological polar surface area (TPSA) is 0 Å². The third-order valence-electron chi connectivity index (χ3n) is 3.03. The van der Waals surface area contributed by atoms with Gasteiger partial charge in [-0.25, -0.2) is 0 Å². The zero-order chi connectivity index (χ0) is 10.3. The van der Waals surface area contributed by atoms with E-state index < -0.39 is 0 Å². The lowest BCUT2D eigenvalue weighted by atomic mass is 10.1. The van der Waals surface area contributed by atoms with Crippen LogP contribution in [0.1, 0.15) is 11.1 Å². The van der Waals surface area contributed by atoms with E-state index in [1.807, 2.05) is 11.8 Å². The van der Waals surface area contributed by atoms with Gasteiger partial charge in [0.1, 0.15) is 0 Å². The molecule has 0 saturated heterocycles. The van der Waals surface area contributed by atoms with Gasteiger partial charge in [0.05, 0.1) is 0 Å². The summed E-state index contributed by atoms with van der Waals surface area (Å²) in [7, 11) is 0. The summed E-state index contributed by atoms with van der Waals surface area (Å²) in [6.45, 7) is 0. The molecule has 0 atom stereocenters. The van der Waals surface area contributed by atoms with Crippen LogP contribution in [0.2, 0.25) is 0 Å². The van der Waals surface area contributed by atoms with E-state index in [1.165, 1.54) is 27.1 Å². The zero-order valence-electron chi connectivity index (χ0n) is 8.66. The second-order valence-corrected chi connectivity index (χ2v) is 4.67. The molecule has 0 spiro atoms. The summed E-state index contributed by atoms with van der Waals surface area (Å²) in [5.41, 5.74) is 5.82. The minimum absolute atomic E-state index is 1.10. The summed E-state index contributed by atoms with van der Waals surface area (Å²) in [5.74, 6) is 0. The summed E-state index contributed by atoms with van der Waals surface area (Å²) in [4.78, 5) is 1.42. The maximum atomic E-state index is 2.24. The molecule has 1 aliphatic carbocycles. The quantitative estimate of drug-likeness (QED) is 0.550. The number of fused-ring (bicyclic) bond motifs is 3. The molecule has 0 unspecified atom stereocenters. The number of hydrogen-bond acceptors (Lipinski definition) is 1. The Hall–Kier alpha value is -1.21. The van der Waals surface area contributed by atoms with Crippen molar-refractivity contribution in [1.82, 2.24) is 0 Å². The van der Waals surface area contributed by atoms with Gasteiger partial charge in [-0.1, -0.05) is 36.4 Å². The zero-order valence-corrected chi connectivity index (χ0v) is 9.47. The molecular formula is C14H12S. The fourth-order valence-corrected chi connectivity index (χ4v) is 2.96. The van der Waals surface area contributed by atoms with Gasteiger partial charge in [-0.15, -0.1) is 11.8 Å². The first kappa shape index (κ1) is 9.05. The Bertz CT molecular complexity index is 514. The highest BCUT2D eigenvalue weighted by Gasteiger charge is 2.19. The van der Waals surface area contributed by atoms with Crippen molar-refractivity contribution in [3.05, 3.63) is 53.6 Å². The maximum absolute atomic E-state index is 2.24. The van der Waals surface area contributed by atoms with Crippen LogP contribution in [0.15, 0.2) is 47.4 Å². The van der Waals surface area contributed by atoms with Gasteiger partial charge in [-0.3, -0.25) is 0 Å². The molecule has 0 fully saturated rings. The minimum atomic E-state index is 1.10. The first-order valence-electron chi connectivity index (χ1n) is 5.14. The molecule has 1 aliphatic rings. The van der Waals surface area contributed by atoms with Gasteiger partial charge in [0, 0.05) is 4.90 Å². The summed E-state index contributed by atoms with van der Waals surface area (Å²) in [6, 6.07) is 15.3. The van der Waals surface area contributed by atoms with Crippen molar-refractivity contribution in [1.29, 1.82) is 0 Å². The molecule has 15 heavy (non-hydrogen) atoms. The van der Waals surface area contributed by atoms with Crippen molar-refractivity contribution in [2.75, 3.05) is 6.26 Å². The third kappa shape index (κ3) is 1.30. The highest BCUT2D eigenvalue weighted by molar-refractivity contribution is 7.98. The van der Waals surface area contributed by atoms with Crippen LogP contribution in [0.4, 0.5) is 0 Å². The van der Waals surface area contributed by atoms with Crippen LogP contribution in [0, 0.1) is 0 Å². The first-order chi connectivity index (χ1) is 7.40. The molecule has 0 aromatic heterocycles. The average Bonchev–Trinajstić information content (AvgIpc) is 2.67. The molecule has 1 heteroatoms. The van der Waals surface area contributed by atoms with E-state index in [0.29, 0.717) is 0 Å². The van der Waals surface area contributed by atoms with Gasteiger partial charge in [-0.05, 0) is 41.0 Å². The van der Waals surface area contributed by atoms with Gasteiger partial charge in [0.2, 0.25) is 0 Å². The largest absolute Gasteiger partial charge is 0.129 e. The Morgan fingerprint density at radius 1 is 0.933 bits per heavy atom. The fourth-order valence-electron chi connectivity index (χ4n) is 2.32. The minimum Gasteiger partial charge on any atom is -0.129 e. The van der Waals surface area contributed by atoms with Crippen molar-refractivity contribution < 1.29 is 0 Å². The van der Waals surface area contributed by atoms with Crippen LogP contribution in [0.25, 0.3) is 11.1 Å². The number of rotatable bonds is 1. The smallest absolute Gasteiger partial charge is 0.0111 e. The van der Waals surface area contributed by atoms with Crippen LogP contribution < -0.4 is 0 Å². The predicted octanol–water partition coefficient (Wildman–Crippen LogP) is 3.98. The van der Waals surface area contributed by atoms with E-state index in [2.05, 4.69) is 48.7 Å². The maximum Gasteiger partial charge on any atom is 0.0111 e. The molecular weight excluding hydrogens is 200 g/mol. The molecule has 0 radical (unpaired) electrons. The van der Waals surface area contributed by atoms with Crippen molar-refractivity contribution in [2.24, 2.45) is 0 Å². The van der Waals surface area contributed by atoms with Gasteiger partial charge in [0.25, 0.3) is 0 Å². The van der Waals surface area contributed by atoms with Crippen molar-refractivity contribution in [3.8, 4) is 11.1 Å². The van der Waals surface area contributed by atoms with Crippen LogP contribution in [0.5, 0.6) is 0 Å². The lowest BCUT2D eigenvalue weighted by Gasteiger charge is -2.04. The number of hydrogen-bond donors (Lipinski definition) is 0. The highest BCUT2D eigenvalue weighted by atomic mass is 32.2. The summed E-state index contributed by atoms with van der Waals surface area (Å²) < 4.78 is 0. The van der Waals surface area contributed by atoms with Gasteiger partial charge < -0.3 is 0 Å². The Morgan fingerprint density at radius 3 is 2.60 bits per heavy atom. The van der Waals surface area contributed by atoms with Gasteiger partial charge in [-0.2, -0.15) is 0 Å². The molecule has 0 saturated carbocycles. The second kappa shape index (κ2) is 3.42. The average molecular weight is 212 g/mol. The van der Waals surface area contributed by atoms with Crippen molar-refractivity contribution >= 4 is 11.8 Å². The SMILES string of the molecule is CSc1cccc2c1Cc1ccccc1-2. The molecule has 3 rings (SSSR count). The van der Waals surface area contributed by atoms with E-state index in [1.54, 1.807) is 0 Å². The van der Waals surface area contributed by atoms with Crippen LogP contribution >= 0.6 is 11.8 Å². The van der Waals surface area contributed by atoms with E-state index >= 15 is 0 Å². The van der Waals surface area contributed by atoms with Crippen molar-refractivity contribution in [2.45, 2.75) is 11.3 Å². The monoisotopic (exact) mass is 212 g/mol. The molecule has 0 aliphatic heterocycles. The van der Waals surface area contributed by atoms with Crippen molar-refractivity contribution in [3.63, 3.8) is 0 Å². The molecule has 0 bridgehead atoms. The van der Waals surface area contributed by atoms with Gasteiger partial charge >= 0.3 is 0 Å². The molecule has 74 valence electrons. The Morgan fingerprint density at radius 2 is 1.73 bits per heavy atom. The molecule has 0 nitrogen and oxygen atoms in total. The second-order valence-electron chi connectivity index (χ2n) is 3.82. The fraction of sp³-hybridized carbons (Fsp3) is 0.143. The summed E-state index contributed by atoms with van der Waals surface area (Å²) in [5, 5.41) is 0. The Kier molecular flexibility index (Phi) is 2.06. The standard InChI is InChI=1S/C14H12S/c1-15-14-8-4-7-12-11-6-3-2-5-10(11)9-13(12)14/h2-8H,9H2,1H3. The number of benzene rings is 2. The molecule has 0 amide bonds. The third-order valence-corrected chi connectivity index (χ3v) is 3.85. The molecule has 0 heterocycles.